The minimum atomic E-state index is -0.150. The summed E-state index contributed by atoms with van der Waals surface area (Å²) in [6.07, 6.45) is 13.2. The molecule has 1 aliphatic carbocycles. The Morgan fingerprint density at radius 2 is 2.03 bits per heavy atom. The molecular weight excluding hydrogens is 388 g/mol. The van der Waals surface area contributed by atoms with Crippen molar-refractivity contribution in [2.75, 3.05) is 13.1 Å². The van der Waals surface area contributed by atoms with Gasteiger partial charge in [-0.2, -0.15) is 0 Å². The fraction of sp³-hybridized carbons (Fsp3) is 0.560. The molecule has 6 nitrogen and oxygen atoms in total. The number of pyridine rings is 2. The average molecular weight is 423 g/mol. The molecule has 0 spiro atoms. The van der Waals surface area contributed by atoms with E-state index in [1.807, 2.05) is 42.4 Å². The van der Waals surface area contributed by atoms with Crippen LogP contribution in [0.1, 0.15) is 66.4 Å². The minimum absolute atomic E-state index is 0.130. The van der Waals surface area contributed by atoms with Gasteiger partial charge in [0.2, 0.25) is 0 Å². The largest absolute Gasteiger partial charge is 0.331 e. The smallest absolute Gasteiger partial charge is 0.263 e. The predicted molar refractivity (Wildman–Crippen MR) is 122 cm³/mol. The van der Waals surface area contributed by atoms with E-state index in [0.29, 0.717) is 24.6 Å². The first-order valence-electron chi connectivity index (χ1n) is 11.7. The van der Waals surface area contributed by atoms with Crippen LogP contribution in [0.2, 0.25) is 0 Å². The Kier molecular flexibility index (Phi) is 7.17. The third-order valence-corrected chi connectivity index (χ3v) is 6.79. The van der Waals surface area contributed by atoms with Crippen molar-refractivity contribution in [3.63, 3.8) is 0 Å². The van der Waals surface area contributed by atoms with Crippen LogP contribution >= 0.6 is 0 Å². The fourth-order valence-electron chi connectivity index (χ4n) is 5.02. The second-order valence-corrected chi connectivity index (χ2v) is 9.13. The first-order chi connectivity index (χ1) is 15.1. The zero-order valence-electron chi connectivity index (χ0n) is 18.6. The van der Waals surface area contributed by atoms with E-state index in [2.05, 4.69) is 10.3 Å². The molecule has 1 amide bonds. The van der Waals surface area contributed by atoms with E-state index >= 15 is 0 Å². The van der Waals surface area contributed by atoms with E-state index in [9.17, 15) is 9.59 Å². The SMILES string of the molecule is Cc1ccn(CC2CCCNC2)c(=O)c1C(=O)N(Cc1cccnc1)C1CCCCC1. The lowest BCUT2D eigenvalue weighted by Gasteiger charge is -2.35. The second kappa shape index (κ2) is 10.2. The van der Waals surface area contributed by atoms with Crippen LogP contribution in [0.4, 0.5) is 0 Å². The predicted octanol–water partition coefficient (Wildman–Crippen LogP) is 3.53. The van der Waals surface area contributed by atoms with Crippen molar-refractivity contribution in [1.29, 1.82) is 0 Å². The van der Waals surface area contributed by atoms with Gasteiger partial charge in [0.15, 0.2) is 0 Å². The monoisotopic (exact) mass is 422 g/mol. The number of rotatable bonds is 6. The molecule has 1 unspecified atom stereocenters. The molecule has 2 aliphatic rings. The number of hydrogen-bond acceptors (Lipinski definition) is 4. The molecule has 0 radical (unpaired) electrons. The average Bonchev–Trinajstić information content (AvgIpc) is 2.81. The highest BCUT2D eigenvalue weighted by atomic mass is 16.2. The number of carbonyl (C=O) groups is 1. The molecule has 31 heavy (non-hydrogen) atoms. The van der Waals surface area contributed by atoms with Crippen LogP contribution in [0.15, 0.2) is 41.6 Å². The van der Waals surface area contributed by atoms with Gasteiger partial charge in [0.05, 0.1) is 0 Å². The molecule has 2 aromatic heterocycles. The van der Waals surface area contributed by atoms with Crippen molar-refractivity contribution in [2.45, 2.75) is 71.0 Å². The molecule has 2 aromatic rings. The first kappa shape index (κ1) is 21.8. The molecule has 6 heteroatoms. The number of piperidine rings is 1. The van der Waals surface area contributed by atoms with Crippen LogP contribution in [0.3, 0.4) is 0 Å². The zero-order valence-corrected chi connectivity index (χ0v) is 18.6. The highest BCUT2D eigenvalue weighted by molar-refractivity contribution is 5.95. The lowest BCUT2D eigenvalue weighted by atomic mass is 9.93. The van der Waals surface area contributed by atoms with Gasteiger partial charge >= 0.3 is 0 Å². The van der Waals surface area contributed by atoms with Crippen molar-refractivity contribution in [1.82, 2.24) is 19.8 Å². The number of nitrogens with one attached hydrogen (secondary N) is 1. The van der Waals surface area contributed by atoms with Crippen LogP contribution in [-0.4, -0.2) is 39.5 Å². The lowest BCUT2D eigenvalue weighted by Crippen LogP contribution is -2.44. The van der Waals surface area contributed by atoms with Crippen molar-refractivity contribution < 1.29 is 4.79 Å². The maximum atomic E-state index is 13.8. The Morgan fingerprint density at radius 1 is 1.19 bits per heavy atom. The Labute approximate surface area is 184 Å². The Morgan fingerprint density at radius 3 is 2.74 bits per heavy atom. The summed E-state index contributed by atoms with van der Waals surface area (Å²) in [4.78, 5) is 33.4. The molecule has 2 fully saturated rings. The first-order valence-corrected chi connectivity index (χ1v) is 11.7. The highest BCUT2D eigenvalue weighted by Gasteiger charge is 2.29. The van der Waals surface area contributed by atoms with Gasteiger partial charge in [-0.05, 0) is 74.9 Å². The summed E-state index contributed by atoms with van der Waals surface area (Å²) in [5, 5.41) is 3.42. The van der Waals surface area contributed by atoms with Crippen molar-refractivity contribution >= 4 is 5.91 Å². The summed E-state index contributed by atoms with van der Waals surface area (Å²) in [5.74, 6) is 0.302. The van der Waals surface area contributed by atoms with Crippen LogP contribution < -0.4 is 10.9 Å². The zero-order chi connectivity index (χ0) is 21.6. The van der Waals surface area contributed by atoms with Crippen LogP contribution in [0.25, 0.3) is 0 Å². The second-order valence-electron chi connectivity index (χ2n) is 9.13. The Hall–Kier alpha value is -2.47. The molecule has 1 N–H and O–H groups in total. The van der Waals surface area contributed by atoms with E-state index in [-0.39, 0.29) is 17.5 Å². The molecule has 4 rings (SSSR count). The summed E-state index contributed by atoms with van der Waals surface area (Å²) in [6.45, 7) is 5.02. The van der Waals surface area contributed by atoms with E-state index in [0.717, 1.165) is 62.7 Å². The Bertz CT molecular complexity index is 928. The summed E-state index contributed by atoms with van der Waals surface area (Å²) in [7, 11) is 0. The standard InChI is InChI=1S/C25H34N4O2/c1-19-11-14-28(17-20-7-5-12-26-15-20)24(30)23(19)25(31)29(22-9-3-2-4-10-22)18-21-8-6-13-27-16-21/h6,8,11,13-14,16,20,22,26H,2-5,7,9-10,12,15,17-18H2,1H3. The van der Waals surface area contributed by atoms with Gasteiger partial charge in [0, 0.05) is 37.7 Å². The van der Waals surface area contributed by atoms with Crippen molar-refractivity contribution in [2.24, 2.45) is 5.92 Å². The van der Waals surface area contributed by atoms with Gasteiger partial charge in [0.25, 0.3) is 11.5 Å². The molecule has 0 bridgehead atoms. The maximum absolute atomic E-state index is 13.8. The lowest BCUT2D eigenvalue weighted by molar-refractivity contribution is 0.0610. The number of aryl methyl sites for hydroxylation is 1. The molecular formula is C25H34N4O2. The maximum Gasteiger partial charge on any atom is 0.263 e. The fourth-order valence-corrected chi connectivity index (χ4v) is 5.02. The molecule has 1 aliphatic heterocycles. The summed E-state index contributed by atoms with van der Waals surface area (Å²) in [6, 6.07) is 6.00. The number of hydrogen-bond donors (Lipinski definition) is 1. The normalized spacial score (nSPS) is 19.8. The molecule has 0 aromatic carbocycles. The van der Waals surface area contributed by atoms with Crippen molar-refractivity contribution in [3.8, 4) is 0 Å². The molecule has 1 saturated heterocycles. The highest BCUT2D eigenvalue weighted by Crippen LogP contribution is 2.26. The molecule has 166 valence electrons. The van der Waals surface area contributed by atoms with Crippen LogP contribution in [0.5, 0.6) is 0 Å². The van der Waals surface area contributed by atoms with Gasteiger partial charge in [-0.25, -0.2) is 0 Å². The third kappa shape index (κ3) is 5.24. The molecule has 3 heterocycles. The summed E-state index contributed by atoms with van der Waals surface area (Å²) < 4.78 is 1.75. The molecule has 1 atom stereocenters. The van der Waals surface area contributed by atoms with Gasteiger partial charge in [-0.3, -0.25) is 14.6 Å². The number of aromatic nitrogens is 2. The minimum Gasteiger partial charge on any atom is -0.331 e. The number of carbonyl (C=O) groups excluding carboxylic acids is 1. The molecule has 1 saturated carbocycles. The Balaban J connectivity index is 1.63. The quantitative estimate of drug-likeness (QED) is 0.773. The van der Waals surface area contributed by atoms with E-state index in [4.69, 9.17) is 0 Å². The van der Waals surface area contributed by atoms with Crippen molar-refractivity contribution in [3.05, 3.63) is 63.8 Å². The summed E-state index contributed by atoms with van der Waals surface area (Å²) in [5.41, 5.74) is 1.95. The van der Waals surface area contributed by atoms with Gasteiger partial charge < -0.3 is 14.8 Å². The van der Waals surface area contributed by atoms with Gasteiger partial charge in [-0.1, -0.05) is 25.3 Å². The van der Waals surface area contributed by atoms with E-state index < -0.39 is 0 Å². The van der Waals surface area contributed by atoms with E-state index in [1.54, 1.807) is 10.8 Å². The topological polar surface area (TPSA) is 67.2 Å². The number of nitrogens with zero attached hydrogens (tertiary/aromatic N) is 3. The number of amides is 1. The van der Waals surface area contributed by atoms with Gasteiger partial charge in [-0.15, -0.1) is 0 Å². The summed E-state index contributed by atoms with van der Waals surface area (Å²) >= 11 is 0. The van der Waals surface area contributed by atoms with Crippen LogP contribution in [-0.2, 0) is 13.1 Å². The van der Waals surface area contributed by atoms with E-state index in [1.165, 1.54) is 6.42 Å². The van der Waals surface area contributed by atoms with Crippen LogP contribution in [0, 0.1) is 12.8 Å². The van der Waals surface area contributed by atoms with Gasteiger partial charge in [0.1, 0.15) is 5.56 Å². The third-order valence-electron chi connectivity index (χ3n) is 6.79.